The number of nitrogens with zero attached hydrogens (tertiary/aromatic N) is 2. The zero-order valence-electron chi connectivity index (χ0n) is 11.6. The average Bonchev–Trinajstić information content (AvgIpc) is 2.38. The second kappa shape index (κ2) is 6.72. The van der Waals surface area contributed by atoms with E-state index in [2.05, 4.69) is 29.2 Å². The van der Waals surface area contributed by atoms with Crippen LogP contribution in [0.3, 0.4) is 0 Å². The van der Waals surface area contributed by atoms with Crippen LogP contribution in [-0.2, 0) is 0 Å². The first-order chi connectivity index (χ1) is 8.25. The maximum Gasteiger partial charge on any atom is 0.0113 e. The summed E-state index contributed by atoms with van der Waals surface area (Å²) in [7, 11) is 4.43. The van der Waals surface area contributed by atoms with E-state index in [0.29, 0.717) is 0 Å². The molecule has 0 spiro atoms. The first-order valence-corrected chi connectivity index (χ1v) is 7.38. The van der Waals surface area contributed by atoms with Gasteiger partial charge >= 0.3 is 0 Å². The summed E-state index contributed by atoms with van der Waals surface area (Å²) in [6, 6.07) is 1.62. The molecular weight excluding hydrogens is 210 g/mol. The lowest BCUT2D eigenvalue weighted by atomic mass is 10.00. The number of piperidine rings is 2. The van der Waals surface area contributed by atoms with Crippen molar-refractivity contribution in [1.29, 1.82) is 0 Å². The van der Waals surface area contributed by atoms with Crippen LogP contribution in [0, 0.1) is 0 Å². The molecule has 2 saturated heterocycles. The van der Waals surface area contributed by atoms with Crippen LogP contribution in [-0.4, -0.2) is 62.2 Å². The first kappa shape index (κ1) is 13.3. The fourth-order valence-electron chi connectivity index (χ4n) is 3.17. The van der Waals surface area contributed by atoms with Crippen molar-refractivity contribution in [3.05, 3.63) is 0 Å². The molecular formula is C14H29N3. The molecule has 1 atom stereocenters. The summed E-state index contributed by atoms with van der Waals surface area (Å²) >= 11 is 0. The van der Waals surface area contributed by atoms with Crippen molar-refractivity contribution in [3.8, 4) is 0 Å². The van der Waals surface area contributed by atoms with Crippen molar-refractivity contribution < 1.29 is 0 Å². The maximum absolute atomic E-state index is 3.65. The number of rotatable bonds is 4. The minimum atomic E-state index is 0.801. The average molecular weight is 239 g/mol. The first-order valence-electron chi connectivity index (χ1n) is 7.38. The molecule has 0 aromatic carbocycles. The maximum atomic E-state index is 3.65. The highest BCUT2D eigenvalue weighted by molar-refractivity contribution is 4.79. The van der Waals surface area contributed by atoms with Gasteiger partial charge in [-0.25, -0.2) is 0 Å². The van der Waals surface area contributed by atoms with Gasteiger partial charge in [0.2, 0.25) is 0 Å². The summed E-state index contributed by atoms with van der Waals surface area (Å²) in [5.41, 5.74) is 0. The van der Waals surface area contributed by atoms with Gasteiger partial charge in [-0.2, -0.15) is 0 Å². The summed E-state index contributed by atoms with van der Waals surface area (Å²) in [6.07, 6.45) is 8.27. The molecule has 2 aliphatic rings. The molecule has 2 rings (SSSR count). The van der Waals surface area contributed by atoms with E-state index < -0.39 is 0 Å². The zero-order chi connectivity index (χ0) is 12.1. The summed E-state index contributed by atoms with van der Waals surface area (Å²) in [6.45, 7) is 5.15. The van der Waals surface area contributed by atoms with Crippen molar-refractivity contribution in [2.45, 2.75) is 50.6 Å². The minimum Gasteiger partial charge on any atom is -0.314 e. The highest BCUT2D eigenvalue weighted by atomic mass is 15.2. The molecule has 0 bridgehead atoms. The number of hydrogen-bond donors (Lipinski definition) is 1. The normalized spacial score (nSPS) is 28.8. The molecule has 3 nitrogen and oxygen atoms in total. The van der Waals surface area contributed by atoms with Crippen molar-refractivity contribution in [2.75, 3.05) is 40.3 Å². The highest BCUT2D eigenvalue weighted by Crippen LogP contribution is 2.16. The monoisotopic (exact) mass is 239 g/mol. The number of nitrogens with one attached hydrogen (secondary N) is 1. The van der Waals surface area contributed by atoms with E-state index in [1.807, 2.05) is 0 Å². The fraction of sp³-hybridized carbons (Fsp3) is 1.00. The summed E-state index contributed by atoms with van der Waals surface area (Å²) in [4.78, 5) is 5.05. The lowest BCUT2D eigenvalue weighted by molar-refractivity contribution is 0.139. The van der Waals surface area contributed by atoms with Crippen molar-refractivity contribution in [3.63, 3.8) is 0 Å². The van der Waals surface area contributed by atoms with Crippen molar-refractivity contribution >= 4 is 0 Å². The molecule has 1 N–H and O–H groups in total. The third-order valence-corrected chi connectivity index (χ3v) is 4.49. The van der Waals surface area contributed by atoms with E-state index >= 15 is 0 Å². The van der Waals surface area contributed by atoms with Gasteiger partial charge in [-0.1, -0.05) is 6.42 Å². The lowest BCUT2D eigenvalue weighted by Gasteiger charge is -2.36. The Bertz CT molecular complexity index is 204. The molecule has 0 aromatic rings. The molecule has 100 valence electrons. The molecule has 0 saturated carbocycles. The third-order valence-electron chi connectivity index (χ3n) is 4.49. The Morgan fingerprint density at radius 2 is 1.88 bits per heavy atom. The smallest absolute Gasteiger partial charge is 0.0113 e. The van der Waals surface area contributed by atoms with Crippen LogP contribution in [0.5, 0.6) is 0 Å². The van der Waals surface area contributed by atoms with Gasteiger partial charge in [0, 0.05) is 12.1 Å². The summed E-state index contributed by atoms with van der Waals surface area (Å²) in [5.74, 6) is 0. The van der Waals surface area contributed by atoms with Gasteiger partial charge in [-0.05, 0) is 72.4 Å². The summed E-state index contributed by atoms with van der Waals surface area (Å²) < 4.78 is 0. The predicted octanol–water partition coefficient (Wildman–Crippen LogP) is 1.54. The molecule has 0 aromatic heterocycles. The Kier molecular flexibility index (Phi) is 5.26. The quantitative estimate of drug-likeness (QED) is 0.803. The van der Waals surface area contributed by atoms with E-state index in [1.165, 1.54) is 64.7 Å². The highest BCUT2D eigenvalue weighted by Gasteiger charge is 2.21. The molecule has 2 fully saturated rings. The Balaban J connectivity index is 1.61. The Morgan fingerprint density at radius 3 is 2.47 bits per heavy atom. The van der Waals surface area contributed by atoms with Gasteiger partial charge in [-0.15, -0.1) is 0 Å². The molecule has 2 heterocycles. The van der Waals surface area contributed by atoms with Gasteiger partial charge in [0.1, 0.15) is 0 Å². The molecule has 0 aliphatic carbocycles. The lowest BCUT2D eigenvalue weighted by Crippen LogP contribution is -2.44. The van der Waals surface area contributed by atoms with Gasteiger partial charge in [0.15, 0.2) is 0 Å². The Hall–Kier alpha value is -0.120. The largest absolute Gasteiger partial charge is 0.314 e. The van der Waals surface area contributed by atoms with E-state index in [0.717, 1.165) is 12.1 Å². The summed E-state index contributed by atoms with van der Waals surface area (Å²) in [5, 5.41) is 3.65. The van der Waals surface area contributed by atoms with Gasteiger partial charge in [-0.3, -0.25) is 0 Å². The fourth-order valence-corrected chi connectivity index (χ4v) is 3.17. The van der Waals surface area contributed by atoms with Crippen LogP contribution in [0.15, 0.2) is 0 Å². The number of likely N-dealkylation sites (tertiary alicyclic amines) is 1. The number of hydrogen-bond acceptors (Lipinski definition) is 3. The van der Waals surface area contributed by atoms with E-state index in [1.54, 1.807) is 0 Å². The third kappa shape index (κ3) is 4.23. The van der Waals surface area contributed by atoms with Crippen LogP contribution in [0.2, 0.25) is 0 Å². The molecule has 0 amide bonds. The molecule has 3 heteroatoms. The SMILES string of the molecule is CN(C)C1CCN(CCC2CCCCN2)CC1. The van der Waals surface area contributed by atoms with Gasteiger partial charge in [0.05, 0.1) is 0 Å². The zero-order valence-corrected chi connectivity index (χ0v) is 11.6. The van der Waals surface area contributed by atoms with Crippen LogP contribution < -0.4 is 5.32 Å². The van der Waals surface area contributed by atoms with Crippen LogP contribution >= 0.6 is 0 Å². The van der Waals surface area contributed by atoms with E-state index in [9.17, 15) is 0 Å². The second-order valence-corrected chi connectivity index (χ2v) is 5.97. The van der Waals surface area contributed by atoms with Gasteiger partial charge < -0.3 is 15.1 Å². The van der Waals surface area contributed by atoms with Gasteiger partial charge in [0.25, 0.3) is 0 Å². The Labute approximate surface area is 107 Å². The standard InChI is InChI=1S/C14H29N3/c1-16(2)14-7-11-17(12-8-14)10-6-13-5-3-4-9-15-13/h13-15H,3-12H2,1-2H3. The second-order valence-electron chi connectivity index (χ2n) is 5.97. The van der Waals surface area contributed by atoms with E-state index in [-0.39, 0.29) is 0 Å². The Morgan fingerprint density at radius 1 is 1.12 bits per heavy atom. The van der Waals surface area contributed by atoms with E-state index in [4.69, 9.17) is 0 Å². The van der Waals surface area contributed by atoms with Crippen LogP contribution in [0.1, 0.15) is 38.5 Å². The van der Waals surface area contributed by atoms with Crippen molar-refractivity contribution in [1.82, 2.24) is 15.1 Å². The van der Waals surface area contributed by atoms with Crippen LogP contribution in [0.25, 0.3) is 0 Å². The minimum absolute atomic E-state index is 0.801. The van der Waals surface area contributed by atoms with Crippen molar-refractivity contribution in [2.24, 2.45) is 0 Å². The molecule has 17 heavy (non-hydrogen) atoms. The molecule has 0 radical (unpaired) electrons. The molecule has 2 aliphatic heterocycles. The topological polar surface area (TPSA) is 18.5 Å². The van der Waals surface area contributed by atoms with Crippen LogP contribution in [0.4, 0.5) is 0 Å². The predicted molar refractivity (Wildman–Crippen MR) is 73.4 cm³/mol. The molecule has 1 unspecified atom stereocenters.